The van der Waals surface area contributed by atoms with Gasteiger partial charge in [-0.3, -0.25) is 4.79 Å². The number of nitrogens with zero attached hydrogens (tertiary/aromatic N) is 5. The Morgan fingerprint density at radius 2 is 2.00 bits per heavy atom. The highest BCUT2D eigenvalue weighted by atomic mass is 35.5. The van der Waals surface area contributed by atoms with E-state index in [0.29, 0.717) is 23.0 Å². The number of tetrazole rings is 1. The average molecular weight is 413 g/mol. The Bertz CT molecular complexity index is 983. The van der Waals surface area contributed by atoms with Gasteiger partial charge in [-0.15, -0.1) is 10.2 Å². The van der Waals surface area contributed by atoms with Crippen molar-refractivity contribution in [3.8, 4) is 17.5 Å². The lowest BCUT2D eigenvalue weighted by molar-refractivity contribution is -0.121. The van der Waals surface area contributed by atoms with Crippen molar-refractivity contribution in [2.75, 3.05) is 12.3 Å². The van der Waals surface area contributed by atoms with E-state index in [1.54, 1.807) is 42.1 Å². The number of thioether (sulfide) groups is 1. The van der Waals surface area contributed by atoms with Crippen LogP contribution in [0, 0.1) is 11.3 Å². The summed E-state index contributed by atoms with van der Waals surface area (Å²) in [6.07, 6.45) is 0. The standard InChI is InChI=1S/C19H17ClN6OS/c20-17-7-5-14(6-8-17)19-23-25-26(24-19)12-18(27)22-9-10-28-13-16-4-2-1-3-15(16)11-21/h1-8H,9-10,12-13H2,(H,22,27). The predicted octanol–water partition coefficient (Wildman–Crippen LogP) is 2.91. The van der Waals surface area contributed by atoms with Gasteiger partial charge in [0, 0.05) is 28.6 Å². The summed E-state index contributed by atoms with van der Waals surface area (Å²) in [6, 6.07) is 16.8. The van der Waals surface area contributed by atoms with Gasteiger partial charge in [-0.2, -0.15) is 21.8 Å². The summed E-state index contributed by atoms with van der Waals surface area (Å²) in [5.74, 6) is 1.73. The fourth-order valence-corrected chi connectivity index (χ4v) is 3.40. The van der Waals surface area contributed by atoms with E-state index >= 15 is 0 Å². The molecule has 0 atom stereocenters. The molecule has 3 rings (SSSR count). The Morgan fingerprint density at radius 3 is 2.79 bits per heavy atom. The molecule has 0 saturated heterocycles. The molecule has 7 nitrogen and oxygen atoms in total. The van der Waals surface area contributed by atoms with Crippen LogP contribution in [0.5, 0.6) is 0 Å². The number of halogens is 1. The van der Waals surface area contributed by atoms with E-state index < -0.39 is 0 Å². The summed E-state index contributed by atoms with van der Waals surface area (Å²) >= 11 is 7.52. The van der Waals surface area contributed by atoms with Crippen LogP contribution in [0.1, 0.15) is 11.1 Å². The van der Waals surface area contributed by atoms with Crippen molar-refractivity contribution < 1.29 is 4.79 Å². The van der Waals surface area contributed by atoms with Crippen molar-refractivity contribution in [3.05, 3.63) is 64.7 Å². The minimum Gasteiger partial charge on any atom is -0.354 e. The van der Waals surface area contributed by atoms with E-state index in [2.05, 4.69) is 26.8 Å². The summed E-state index contributed by atoms with van der Waals surface area (Å²) in [6.45, 7) is 0.527. The van der Waals surface area contributed by atoms with E-state index in [-0.39, 0.29) is 12.5 Å². The number of rotatable bonds is 8. The number of hydrogen-bond acceptors (Lipinski definition) is 6. The molecule has 2 aromatic carbocycles. The Hall–Kier alpha value is -2.89. The van der Waals surface area contributed by atoms with Crippen LogP contribution in [0.15, 0.2) is 48.5 Å². The molecular weight excluding hydrogens is 396 g/mol. The van der Waals surface area contributed by atoms with Gasteiger partial charge in [0.1, 0.15) is 6.54 Å². The normalized spacial score (nSPS) is 10.4. The van der Waals surface area contributed by atoms with E-state index in [4.69, 9.17) is 16.9 Å². The third-order valence-corrected chi connectivity index (χ3v) is 5.06. The third-order valence-electron chi connectivity index (χ3n) is 3.80. The monoisotopic (exact) mass is 412 g/mol. The quantitative estimate of drug-likeness (QED) is 0.571. The third kappa shape index (κ3) is 5.55. The van der Waals surface area contributed by atoms with Crippen molar-refractivity contribution in [3.63, 3.8) is 0 Å². The van der Waals surface area contributed by atoms with Crippen LogP contribution in [-0.2, 0) is 17.1 Å². The second-order valence-corrected chi connectivity index (χ2v) is 7.36. The lowest BCUT2D eigenvalue weighted by Gasteiger charge is -2.05. The zero-order valence-electron chi connectivity index (χ0n) is 14.9. The molecule has 0 aliphatic heterocycles. The van der Waals surface area contributed by atoms with Crippen LogP contribution in [0.3, 0.4) is 0 Å². The summed E-state index contributed by atoms with van der Waals surface area (Å²) in [4.78, 5) is 13.3. The number of benzene rings is 2. The Balaban J connectivity index is 1.40. The minimum absolute atomic E-state index is 0.00250. The summed E-state index contributed by atoms with van der Waals surface area (Å²) in [7, 11) is 0. The van der Waals surface area contributed by atoms with Gasteiger partial charge in [-0.25, -0.2) is 0 Å². The van der Waals surface area contributed by atoms with E-state index in [1.807, 2.05) is 18.2 Å². The first-order chi connectivity index (χ1) is 13.7. The van der Waals surface area contributed by atoms with E-state index in [0.717, 1.165) is 22.6 Å². The molecule has 0 spiro atoms. The average Bonchev–Trinajstić information content (AvgIpc) is 3.17. The number of nitriles is 1. The molecule has 0 aliphatic rings. The fraction of sp³-hybridized carbons (Fsp3) is 0.211. The fourth-order valence-electron chi connectivity index (χ4n) is 2.41. The van der Waals surface area contributed by atoms with Gasteiger partial charge < -0.3 is 5.32 Å². The van der Waals surface area contributed by atoms with Gasteiger partial charge in [0.2, 0.25) is 11.7 Å². The molecule has 0 unspecified atom stereocenters. The lowest BCUT2D eigenvalue weighted by atomic mass is 10.1. The van der Waals surface area contributed by atoms with Crippen molar-refractivity contribution in [2.45, 2.75) is 12.3 Å². The molecule has 28 heavy (non-hydrogen) atoms. The summed E-state index contributed by atoms with van der Waals surface area (Å²) < 4.78 is 0. The maximum atomic E-state index is 12.0. The smallest absolute Gasteiger partial charge is 0.243 e. The van der Waals surface area contributed by atoms with Gasteiger partial charge >= 0.3 is 0 Å². The lowest BCUT2D eigenvalue weighted by Crippen LogP contribution is -2.30. The largest absolute Gasteiger partial charge is 0.354 e. The molecule has 1 aromatic heterocycles. The molecule has 0 radical (unpaired) electrons. The topological polar surface area (TPSA) is 96.5 Å². The first-order valence-corrected chi connectivity index (χ1v) is 10.0. The van der Waals surface area contributed by atoms with Crippen molar-refractivity contribution in [1.29, 1.82) is 5.26 Å². The molecule has 0 bridgehead atoms. The van der Waals surface area contributed by atoms with Gasteiger partial charge in [0.15, 0.2) is 0 Å². The van der Waals surface area contributed by atoms with Crippen LogP contribution in [-0.4, -0.2) is 38.4 Å². The van der Waals surface area contributed by atoms with Gasteiger partial charge in [-0.05, 0) is 41.1 Å². The number of aromatic nitrogens is 4. The number of amides is 1. The number of carbonyl (C=O) groups is 1. The number of carbonyl (C=O) groups excluding carboxylic acids is 1. The molecule has 9 heteroatoms. The summed E-state index contributed by atoms with van der Waals surface area (Å²) in [5, 5.41) is 24.6. The zero-order chi connectivity index (χ0) is 19.8. The molecule has 142 valence electrons. The molecule has 3 aromatic rings. The molecule has 1 amide bonds. The minimum atomic E-state index is -0.182. The molecule has 1 N–H and O–H groups in total. The molecule has 0 saturated carbocycles. The van der Waals surface area contributed by atoms with Gasteiger partial charge in [0.25, 0.3) is 0 Å². The van der Waals surface area contributed by atoms with E-state index in [1.165, 1.54) is 4.80 Å². The van der Waals surface area contributed by atoms with Crippen LogP contribution in [0.2, 0.25) is 5.02 Å². The van der Waals surface area contributed by atoms with Crippen molar-refractivity contribution >= 4 is 29.3 Å². The first kappa shape index (κ1) is 19.9. The Morgan fingerprint density at radius 1 is 1.21 bits per heavy atom. The van der Waals surface area contributed by atoms with Gasteiger partial charge in [-0.1, -0.05) is 29.8 Å². The second-order valence-electron chi connectivity index (χ2n) is 5.82. The van der Waals surface area contributed by atoms with E-state index in [9.17, 15) is 4.79 Å². The molecule has 1 heterocycles. The van der Waals surface area contributed by atoms with Gasteiger partial charge in [0.05, 0.1) is 11.6 Å². The summed E-state index contributed by atoms with van der Waals surface area (Å²) in [5.41, 5.74) is 2.47. The molecule has 0 aliphatic carbocycles. The first-order valence-electron chi connectivity index (χ1n) is 8.52. The second kappa shape index (κ2) is 9.88. The highest BCUT2D eigenvalue weighted by Gasteiger charge is 2.09. The SMILES string of the molecule is N#Cc1ccccc1CSCCNC(=O)Cn1nnc(-c2ccc(Cl)cc2)n1. The predicted molar refractivity (Wildman–Crippen MR) is 109 cm³/mol. The zero-order valence-corrected chi connectivity index (χ0v) is 16.5. The number of nitrogens with one attached hydrogen (secondary N) is 1. The van der Waals surface area contributed by atoms with Crippen molar-refractivity contribution in [1.82, 2.24) is 25.5 Å². The maximum Gasteiger partial charge on any atom is 0.243 e. The van der Waals surface area contributed by atoms with Crippen LogP contribution in [0.25, 0.3) is 11.4 Å². The van der Waals surface area contributed by atoms with Crippen molar-refractivity contribution in [2.24, 2.45) is 0 Å². The van der Waals surface area contributed by atoms with Crippen LogP contribution in [0.4, 0.5) is 0 Å². The van der Waals surface area contributed by atoms with Crippen LogP contribution < -0.4 is 5.32 Å². The highest BCUT2D eigenvalue weighted by molar-refractivity contribution is 7.98. The van der Waals surface area contributed by atoms with Crippen LogP contribution >= 0.6 is 23.4 Å². The molecular formula is C19H17ClN6OS. The Labute approximate surface area is 171 Å². The number of hydrogen-bond donors (Lipinski definition) is 1. The molecule has 0 fully saturated rings. The highest BCUT2D eigenvalue weighted by Crippen LogP contribution is 2.17. The maximum absolute atomic E-state index is 12.0. The Kier molecular flexibility index (Phi) is 7.00.